The van der Waals surface area contributed by atoms with E-state index in [1.165, 1.54) is 40.7 Å². The molecule has 1 aliphatic rings. The first kappa shape index (κ1) is 18.9. The van der Waals surface area contributed by atoms with Crippen LogP contribution in [0.2, 0.25) is 0 Å². The van der Waals surface area contributed by atoms with Crippen LogP contribution in [0.25, 0.3) is 11.6 Å². The lowest BCUT2D eigenvalue weighted by molar-refractivity contribution is 0.331. The second-order valence-corrected chi connectivity index (χ2v) is 9.35. The van der Waals surface area contributed by atoms with E-state index in [9.17, 15) is 0 Å². The van der Waals surface area contributed by atoms with Crippen LogP contribution in [0.5, 0.6) is 0 Å². The molecular weight excluding hydrogens is 318 g/mol. The van der Waals surface area contributed by atoms with Gasteiger partial charge in [0.2, 0.25) is 0 Å². The molecule has 0 fully saturated rings. The lowest BCUT2D eigenvalue weighted by Crippen LogP contribution is -2.34. The fourth-order valence-electron chi connectivity index (χ4n) is 4.23. The standard InChI is InChI=1S/C24H33NO/c1-8-17-13-21-22(24(6,7)11-10-23(21,4)5)15-20(17)19(16(2)3)14-18-9-12-25-26-18/h9,12-16H,8,10-11H2,1-7H3/b19-14+. The van der Waals surface area contributed by atoms with E-state index in [1.54, 1.807) is 6.20 Å². The molecule has 0 aliphatic heterocycles. The van der Waals surface area contributed by atoms with E-state index in [4.69, 9.17) is 4.52 Å². The third kappa shape index (κ3) is 3.39. The number of allylic oxidation sites excluding steroid dienone is 1. The summed E-state index contributed by atoms with van der Waals surface area (Å²) < 4.78 is 5.37. The van der Waals surface area contributed by atoms with Gasteiger partial charge >= 0.3 is 0 Å². The maximum absolute atomic E-state index is 5.37. The molecule has 0 amide bonds. The molecule has 2 nitrogen and oxygen atoms in total. The number of nitrogens with zero attached hydrogens (tertiary/aromatic N) is 1. The summed E-state index contributed by atoms with van der Waals surface area (Å²) in [6, 6.07) is 6.90. The lowest BCUT2D eigenvalue weighted by Gasteiger charge is -2.42. The molecule has 0 N–H and O–H groups in total. The zero-order chi connectivity index (χ0) is 19.1. The van der Waals surface area contributed by atoms with Crippen molar-refractivity contribution in [3.8, 4) is 0 Å². The number of benzene rings is 1. The van der Waals surface area contributed by atoms with Crippen LogP contribution in [0.1, 0.15) is 89.3 Å². The number of fused-ring (bicyclic) bond motifs is 1. The van der Waals surface area contributed by atoms with Gasteiger partial charge in [-0.15, -0.1) is 0 Å². The maximum Gasteiger partial charge on any atom is 0.159 e. The molecule has 1 aromatic carbocycles. The molecule has 140 valence electrons. The highest BCUT2D eigenvalue weighted by Crippen LogP contribution is 2.47. The third-order valence-corrected chi connectivity index (χ3v) is 6.15. The molecule has 0 radical (unpaired) electrons. The number of rotatable bonds is 4. The minimum Gasteiger partial charge on any atom is -0.357 e. The van der Waals surface area contributed by atoms with Gasteiger partial charge in [-0.25, -0.2) is 0 Å². The van der Waals surface area contributed by atoms with Crippen molar-refractivity contribution in [1.82, 2.24) is 5.16 Å². The normalized spacial score (nSPS) is 18.8. The monoisotopic (exact) mass is 351 g/mol. The third-order valence-electron chi connectivity index (χ3n) is 6.15. The smallest absolute Gasteiger partial charge is 0.159 e. The highest BCUT2D eigenvalue weighted by Gasteiger charge is 2.37. The Hall–Kier alpha value is -1.83. The van der Waals surface area contributed by atoms with Crippen molar-refractivity contribution in [2.24, 2.45) is 5.92 Å². The van der Waals surface area contributed by atoms with Crippen molar-refractivity contribution in [3.63, 3.8) is 0 Å². The van der Waals surface area contributed by atoms with Crippen molar-refractivity contribution in [1.29, 1.82) is 0 Å². The molecule has 1 aromatic heterocycles. The van der Waals surface area contributed by atoms with E-state index in [-0.39, 0.29) is 10.8 Å². The van der Waals surface area contributed by atoms with Gasteiger partial charge < -0.3 is 4.52 Å². The minimum absolute atomic E-state index is 0.222. The molecule has 0 saturated carbocycles. The Morgan fingerprint density at radius 1 is 1.12 bits per heavy atom. The van der Waals surface area contributed by atoms with Crippen molar-refractivity contribution in [2.75, 3.05) is 0 Å². The first-order valence-electron chi connectivity index (χ1n) is 9.96. The van der Waals surface area contributed by atoms with Crippen LogP contribution >= 0.6 is 0 Å². The molecular formula is C24H33NO. The number of aryl methyl sites for hydroxylation is 1. The molecule has 0 saturated heterocycles. The van der Waals surface area contributed by atoms with Gasteiger partial charge in [0.25, 0.3) is 0 Å². The summed E-state index contributed by atoms with van der Waals surface area (Å²) in [6.45, 7) is 16.4. The summed E-state index contributed by atoms with van der Waals surface area (Å²) in [5.41, 5.74) is 7.68. The van der Waals surface area contributed by atoms with Gasteiger partial charge in [0.1, 0.15) is 0 Å². The van der Waals surface area contributed by atoms with Gasteiger partial charge in [0.05, 0.1) is 6.20 Å². The van der Waals surface area contributed by atoms with Crippen molar-refractivity contribution in [2.45, 2.75) is 78.6 Å². The first-order valence-corrected chi connectivity index (χ1v) is 9.96. The first-order chi connectivity index (χ1) is 12.2. The highest BCUT2D eigenvalue weighted by atomic mass is 16.5. The Morgan fingerprint density at radius 2 is 1.73 bits per heavy atom. The van der Waals surface area contributed by atoms with Gasteiger partial charge in [-0.2, -0.15) is 0 Å². The molecule has 0 atom stereocenters. The van der Waals surface area contributed by atoms with E-state index >= 15 is 0 Å². The molecule has 2 heteroatoms. The summed E-state index contributed by atoms with van der Waals surface area (Å²) in [5, 5.41) is 3.86. The zero-order valence-electron chi connectivity index (χ0n) is 17.4. The number of aromatic nitrogens is 1. The molecule has 1 aliphatic carbocycles. The van der Waals surface area contributed by atoms with Crippen LogP contribution in [-0.2, 0) is 17.3 Å². The summed E-state index contributed by atoms with van der Waals surface area (Å²) >= 11 is 0. The summed E-state index contributed by atoms with van der Waals surface area (Å²) in [6.07, 6.45) is 7.41. The summed E-state index contributed by atoms with van der Waals surface area (Å²) in [5.74, 6) is 1.25. The van der Waals surface area contributed by atoms with Gasteiger partial charge in [0, 0.05) is 6.07 Å². The van der Waals surface area contributed by atoms with Gasteiger partial charge in [-0.05, 0) is 69.9 Å². The molecule has 26 heavy (non-hydrogen) atoms. The summed E-state index contributed by atoms with van der Waals surface area (Å²) in [4.78, 5) is 0. The lowest BCUT2D eigenvalue weighted by atomic mass is 9.62. The largest absolute Gasteiger partial charge is 0.357 e. The van der Waals surface area contributed by atoms with Crippen molar-refractivity contribution < 1.29 is 4.52 Å². The fourth-order valence-corrected chi connectivity index (χ4v) is 4.23. The van der Waals surface area contributed by atoms with E-state index in [0.717, 1.165) is 12.2 Å². The Kier molecular flexibility index (Phi) is 4.90. The van der Waals surface area contributed by atoms with Crippen molar-refractivity contribution >= 4 is 11.6 Å². The van der Waals surface area contributed by atoms with Crippen LogP contribution < -0.4 is 0 Å². The van der Waals surface area contributed by atoms with Gasteiger partial charge in [-0.1, -0.05) is 65.8 Å². The molecule has 0 spiro atoms. The van der Waals surface area contributed by atoms with E-state index in [0.29, 0.717) is 5.92 Å². The Balaban J connectivity index is 2.24. The van der Waals surface area contributed by atoms with E-state index in [2.05, 4.69) is 71.8 Å². The molecule has 3 rings (SSSR count). The molecule has 0 unspecified atom stereocenters. The predicted octanol–water partition coefficient (Wildman–Crippen LogP) is 6.78. The maximum atomic E-state index is 5.37. The molecule has 1 heterocycles. The second-order valence-electron chi connectivity index (χ2n) is 9.35. The fraction of sp³-hybridized carbons (Fsp3) is 0.542. The number of hydrogen-bond acceptors (Lipinski definition) is 2. The summed E-state index contributed by atoms with van der Waals surface area (Å²) in [7, 11) is 0. The topological polar surface area (TPSA) is 26.0 Å². The minimum atomic E-state index is 0.222. The van der Waals surface area contributed by atoms with Gasteiger partial charge in [-0.3, -0.25) is 0 Å². The number of hydrogen-bond donors (Lipinski definition) is 0. The Labute approximate surface area is 158 Å². The second kappa shape index (κ2) is 6.72. The molecule has 0 bridgehead atoms. The Bertz CT molecular complexity index is 807. The van der Waals surface area contributed by atoms with Crippen LogP contribution in [-0.4, -0.2) is 5.16 Å². The van der Waals surface area contributed by atoms with E-state index < -0.39 is 0 Å². The quantitative estimate of drug-likeness (QED) is 0.606. The van der Waals surface area contributed by atoms with E-state index in [1.807, 2.05) is 6.07 Å². The Morgan fingerprint density at radius 3 is 2.23 bits per heavy atom. The van der Waals surface area contributed by atoms with Gasteiger partial charge in [0.15, 0.2) is 5.76 Å². The van der Waals surface area contributed by atoms with Crippen LogP contribution in [0.4, 0.5) is 0 Å². The van der Waals surface area contributed by atoms with Crippen LogP contribution in [0.15, 0.2) is 28.9 Å². The highest BCUT2D eigenvalue weighted by molar-refractivity contribution is 5.83. The predicted molar refractivity (Wildman–Crippen MR) is 110 cm³/mol. The molecule has 2 aromatic rings. The van der Waals surface area contributed by atoms with Crippen LogP contribution in [0.3, 0.4) is 0 Å². The van der Waals surface area contributed by atoms with Crippen LogP contribution in [0, 0.1) is 5.92 Å². The average molecular weight is 352 g/mol. The zero-order valence-corrected chi connectivity index (χ0v) is 17.4. The average Bonchev–Trinajstić information content (AvgIpc) is 3.09. The SMILES string of the molecule is CCc1cc2c(cc1/C(=C/c1ccno1)C(C)C)C(C)(C)CCC2(C)C. The van der Waals surface area contributed by atoms with Crippen molar-refractivity contribution in [3.05, 3.63) is 52.4 Å².